The number of amides is 1. The Labute approximate surface area is 87.9 Å². The smallest absolute Gasteiger partial charge is 0.422 e. The van der Waals surface area contributed by atoms with Crippen molar-refractivity contribution >= 4 is 6.09 Å². The van der Waals surface area contributed by atoms with Gasteiger partial charge in [-0.05, 0) is 20.8 Å². The molecular formula is C9H15N3O3. The highest BCUT2D eigenvalue weighted by molar-refractivity contribution is 5.66. The van der Waals surface area contributed by atoms with Gasteiger partial charge in [0.05, 0.1) is 12.7 Å². The Morgan fingerprint density at radius 3 is 2.87 bits per heavy atom. The molecule has 1 heterocycles. The summed E-state index contributed by atoms with van der Waals surface area (Å²) in [4.78, 5) is 11.1. The van der Waals surface area contributed by atoms with Gasteiger partial charge >= 0.3 is 6.09 Å². The van der Waals surface area contributed by atoms with Crippen LogP contribution in [0.25, 0.3) is 0 Å². The Morgan fingerprint density at radius 2 is 2.33 bits per heavy atom. The fraction of sp³-hybridized carbons (Fsp3) is 0.556. The first-order chi connectivity index (χ1) is 6.97. The summed E-state index contributed by atoms with van der Waals surface area (Å²) in [7, 11) is 0. The van der Waals surface area contributed by atoms with E-state index in [1.165, 1.54) is 6.20 Å². The quantitative estimate of drug-likeness (QED) is 0.738. The molecule has 15 heavy (non-hydrogen) atoms. The molecular weight excluding hydrogens is 198 g/mol. The fourth-order valence-corrected chi connectivity index (χ4v) is 0.840. The number of hydrazine groups is 1. The van der Waals surface area contributed by atoms with E-state index in [1.807, 2.05) is 0 Å². The van der Waals surface area contributed by atoms with Gasteiger partial charge in [-0.25, -0.2) is 10.2 Å². The van der Waals surface area contributed by atoms with Crippen molar-refractivity contribution in [2.24, 2.45) is 0 Å². The minimum atomic E-state index is -0.526. The van der Waals surface area contributed by atoms with Crippen molar-refractivity contribution in [1.82, 2.24) is 16.0 Å². The third-order valence-corrected chi connectivity index (χ3v) is 1.34. The predicted molar refractivity (Wildman–Crippen MR) is 52.7 cm³/mol. The molecule has 0 saturated heterocycles. The Kier molecular flexibility index (Phi) is 3.68. The van der Waals surface area contributed by atoms with Crippen LogP contribution < -0.4 is 10.9 Å². The van der Waals surface area contributed by atoms with Crippen molar-refractivity contribution in [2.75, 3.05) is 0 Å². The minimum Gasteiger partial charge on any atom is -0.443 e. The Bertz CT molecular complexity index is 303. The van der Waals surface area contributed by atoms with E-state index in [0.29, 0.717) is 12.3 Å². The number of hydrogen-bond donors (Lipinski definition) is 2. The molecule has 0 radical (unpaired) electrons. The number of ether oxygens (including phenoxy) is 1. The summed E-state index contributed by atoms with van der Waals surface area (Å²) >= 11 is 0. The summed E-state index contributed by atoms with van der Waals surface area (Å²) in [5.74, 6) is 0.631. The van der Waals surface area contributed by atoms with Crippen molar-refractivity contribution in [1.29, 1.82) is 0 Å². The van der Waals surface area contributed by atoms with Crippen LogP contribution in [0.15, 0.2) is 16.8 Å². The second-order valence-electron chi connectivity index (χ2n) is 3.96. The SMILES string of the molecule is CC(C)(C)OC(=O)NNCc1ccno1. The molecule has 6 nitrogen and oxygen atoms in total. The van der Waals surface area contributed by atoms with Crippen LogP contribution in [0.1, 0.15) is 26.5 Å². The monoisotopic (exact) mass is 213 g/mol. The van der Waals surface area contributed by atoms with Crippen LogP contribution in [0.5, 0.6) is 0 Å². The van der Waals surface area contributed by atoms with Gasteiger partial charge in [-0.1, -0.05) is 5.16 Å². The van der Waals surface area contributed by atoms with Gasteiger partial charge in [0.2, 0.25) is 0 Å². The summed E-state index contributed by atoms with van der Waals surface area (Å²) in [5, 5.41) is 3.52. The molecule has 1 rings (SSSR count). The van der Waals surface area contributed by atoms with Gasteiger partial charge in [-0.3, -0.25) is 5.43 Å². The zero-order valence-electron chi connectivity index (χ0n) is 9.03. The van der Waals surface area contributed by atoms with Gasteiger partial charge in [-0.2, -0.15) is 0 Å². The molecule has 0 aliphatic heterocycles. The van der Waals surface area contributed by atoms with Gasteiger partial charge < -0.3 is 9.26 Å². The number of nitrogens with one attached hydrogen (secondary N) is 2. The van der Waals surface area contributed by atoms with Crippen LogP contribution in [-0.2, 0) is 11.3 Å². The molecule has 0 fully saturated rings. The van der Waals surface area contributed by atoms with Crippen molar-refractivity contribution in [3.8, 4) is 0 Å². The van der Waals surface area contributed by atoms with Crippen molar-refractivity contribution in [3.05, 3.63) is 18.0 Å². The predicted octanol–water partition coefficient (Wildman–Crippen LogP) is 1.20. The maximum absolute atomic E-state index is 11.1. The summed E-state index contributed by atoms with van der Waals surface area (Å²) in [6, 6.07) is 1.70. The number of hydrogen-bond acceptors (Lipinski definition) is 5. The van der Waals surface area contributed by atoms with Crippen LogP contribution in [0.4, 0.5) is 4.79 Å². The molecule has 0 saturated carbocycles. The van der Waals surface area contributed by atoms with Crippen LogP contribution in [0.3, 0.4) is 0 Å². The van der Waals surface area contributed by atoms with Crippen LogP contribution >= 0.6 is 0 Å². The van der Waals surface area contributed by atoms with Crippen molar-refractivity contribution in [2.45, 2.75) is 32.9 Å². The summed E-state index contributed by atoms with van der Waals surface area (Å²) in [5.41, 5.74) is 4.53. The van der Waals surface area contributed by atoms with E-state index in [-0.39, 0.29) is 0 Å². The molecule has 2 N–H and O–H groups in total. The van der Waals surface area contributed by atoms with Gasteiger partial charge in [-0.15, -0.1) is 0 Å². The molecule has 6 heteroatoms. The minimum absolute atomic E-state index is 0.360. The molecule has 0 atom stereocenters. The lowest BCUT2D eigenvalue weighted by molar-refractivity contribution is 0.0495. The second kappa shape index (κ2) is 4.79. The van der Waals surface area contributed by atoms with Gasteiger partial charge in [0.25, 0.3) is 0 Å². The molecule has 0 aliphatic carbocycles. The maximum Gasteiger partial charge on any atom is 0.422 e. The van der Waals surface area contributed by atoms with E-state index in [1.54, 1.807) is 26.8 Å². The van der Waals surface area contributed by atoms with Gasteiger partial charge in [0.1, 0.15) is 5.60 Å². The number of carbonyl (C=O) groups is 1. The first-order valence-corrected chi connectivity index (χ1v) is 4.59. The first-order valence-electron chi connectivity index (χ1n) is 4.59. The van der Waals surface area contributed by atoms with Gasteiger partial charge in [0.15, 0.2) is 5.76 Å². The van der Waals surface area contributed by atoms with E-state index in [9.17, 15) is 4.79 Å². The summed E-state index contributed by atoms with van der Waals surface area (Å²) < 4.78 is 9.81. The molecule has 1 amide bonds. The summed E-state index contributed by atoms with van der Waals surface area (Å²) in [6.45, 7) is 5.74. The average Bonchev–Trinajstić information content (AvgIpc) is 2.53. The standard InChI is InChI=1S/C9H15N3O3/c1-9(2,3)14-8(13)12-10-6-7-4-5-11-15-7/h4-5,10H,6H2,1-3H3,(H,12,13). The highest BCUT2D eigenvalue weighted by atomic mass is 16.6. The largest absolute Gasteiger partial charge is 0.443 e. The highest BCUT2D eigenvalue weighted by Crippen LogP contribution is 2.05. The molecule has 0 spiro atoms. The van der Waals surface area contributed by atoms with E-state index in [0.717, 1.165) is 0 Å². The lowest BCUT2D eigenvalue weighted by Gasteiger charge is -2.19. The Hall–Kier alpha value is -1.56. The zero-order valence-corrected chi connectivity index (χ0v) is 9.03. The lowest BCUT2D eigenvalue weighted by Crippen LogP contribution is -2.40. The van der Waals surface area contributed by atoms with E-state index in [4.69, 9.17) is 9.26 Å². The van der Waals surface area contributed by atoms with E-state index >= 15 is 0 Å². The van der Waals surface area contributed by atoms with Crippen molar-refractivity contribution < 1.29 is 14.1 Å². The van der Waals surface area contributed by atoms with Crippen molar-refractivity contribution in [3.63, 3.8) is 0 Å². The van der Waals surface area contributed by atoms with Gasteiger partial charge in [0, 0.05) is 6.07 Å². The molecule has 0 bridgehead atoms. The molecule has 84 valence electrons. The topological polar surface area (TPSA) is 76.4 Å². The molecule has 0 unspecified atom stereocenters. The average molecular weight is 213 g/mol. The molecule has 1 aromatic rings. The number of carbonyl (C=O) groups excluding carboxylic acids is 1. The Morgan fingerprint density at radius 1 is 1.60 bits per heavy atom. The van der Waals surface area contributed by atoms with E-state index in [2.05, 4.69) is 16.0 Å². The second-order valence-corrected chi connectivity index (χ2v) is 3.96. The number of nitrogens with zero attached hydrogens (tertiary/aromatic N) is 1. The molecule has 0 aromatic carbocycles. The third-order valence-electron chi connectivity index (χ3n) is 1.34. The number of aromatic nitrogens is 1. The zero-order chi connectivity index (χ0) is 11.3. The van der Waals surface area contributed by atoms with Crippen LogP contribution in [-0.4, -0.2) is 16.9 Å². The number of rotatable bonds is 3. The molecule has 0 aliphatic rings. The first kappa shape index (κ1) is 11.5. The third kappa shape index (κ3) is 5.02. The molecule has 1 aromatic heterocycles. The Balaban J connectivity index is 2.18. The van der Waals surface area contributed by atoms with E-state index < -0.39 is 11.7 Å². The fourth-order valence-electron chi connectivity index (χ4n) is 0.840. The summed E-state index contributed by atoms with van der Waals surface area (Å²) in [6.07, 6.45) is 1.01. The maximum atomic E-state index is 11.1. The normalized spacial score (nSPS) is 11.1. The van der Waals surface area contributed by atoms with Crippen LogP contribution in [0, 0.1) is 0 Å². The highest BCUT2D eigenvalue weighted by Gasteiger charge is 2.15. The van der Waals surface area contributed by atoms with Crippen LogP contribution in [0.2, 0.25) is 0 Å². The lowest BCUT2D eigenvalue weighted by atomic mass is 10.2.